The number of carbonyl (C=O) groups is 2. The van der Waals surface area contributed by atoms with Crippen molar-refractivity contribution in [3.8, 4) is 0 Å². The van der Waals surface area contributed by atoms with Crippen LogP contribution >= 0.6 is 0 Å². The highest BCUT2D eigenvalue weighted by atomic mass is 16.4. The quantitative estimate of drug-likeness (QED) is 0.0339. The van der Waals surface area contributed by atoms with Gasteiger partial charge >= 0.3 is 11.9 Å². The Bertz CT molecular complexity index is 967. The van der Waals surface area contributed by atoms with Gasteiger partial charge in [0, 0.05) is 12.8 Å². The number of hydrogen-bond acceptors (Lipinski definition) is 4. The van der Waals surface area contributed by atoms with Crippen LogP contribution in [-0.2, 0) is 9.59 Å². The van der Waals surface area contributed by atoms with E-state index in [1.807, 2.05) is 37.3 Å². The number of aliphatic hydroxyl groups is 2. The van der Waals surface area contributed by atoms with Gasteiger partial charge in [0.05, 0.1) is 11.7 Å². The normalized spacial score (nSPS) is 14.4. The summed E-state index contributed by atoms with van der Waals surface area (Å²) in [4.78, 5) is 20.7. The Morgan fingerprint density at radius 3 is 1.39 bits per heavy atom. The van der Waals surface area contributed by atoms with Crippen LogP contribution < -0.4 is 0 Å². The van der Waals surface area contributed by atoms with E-state index in [1.54, 1.807) is 0 Å². The van der Waals surface area contributed by atoms with E-state index >= 15 is 0 Å². The Balaban J connectivity index is 0. The Morgan fingerprint density at radius 2 is 0.939 bits per heavy atom. The minimum absolute atomic E-state index is 0.0584. The molecule has 0 radical (unpaired) electrons. The zero-order chi connectivity index (χ0) is 37.1. The molecular weight excluding hydrogens is 612 g/mol. The standard InChI is InChI=1S/C22H38O3.C21H36O3/c1-4-5-19-22(2,3)20(23)17-15-13-11-9-7-6-8-10-12-14-16-18-21(24)25;1-3-4-18-21(2,24)19-16-14-12-10-8-6-5-7-9-11-13-15-17-20(22)23/h10-13,15,17,20,23H,4-9,14,16,18-19H2,1-3H3,(H,24,25);9-12,14,16,24H,3-8,13,15,17-19H2,1-2H3,(H,22,23)/b12-10-,13-11-,17-15+;11-9-,12-10-,16-14+. The van der Waals surface area contributed by atoms with Gasteiger partial charge in [-0.3, -0.25) is 9.59 Å². The van der Waals surface area contributed by atoms with E-state index in [4.69, 9.17) is 10.2 Å². The molecule has 6 heteroatoms. The first-order valence-electron chi connectivity index (χ1n) is 19.2. The van der Waals surface area contributed by atoms with Gasteiger partial charge < -0.3 is 20.4 Å². The molecule has 0 amide bonds. The predicted octanol–water partition coefficient (Wildman–Crippen LogP) is 11.8. The van der Waals surface area contributed by atoms with Gasteiger partial charge in [-0.25, -0.2) is 0 Å². The summed E-state index contributed by atoms with van der Waals surface area (Å²) in [5, 5.41) is 37.4. The molecule has 0 aromatic carbocycles. The SMILES string of the molecule is CCCCC(C)(C)C(O)/C=C/C=C\CCCC/C=C\CCCC(=O)O.CCCCC(C)(O)C/C=C/C=C\CCCC/C=C\CCCC(=O)O. The number of aliphatic carboxylic acids is 2. The minimum atomic E-state index is -0.716. The molecule has 0 aromatic rings. The molecule has 4 N–H and O–H groups in total. The van der Waals surface area contributed by atoms with Gasteiger partial charge in [0.1, 0.15) is 0 Å². The number of carboxylic acid groups (broad SMARTS) is 2. The summed E-state index contributed by atoms with van der Waals surface area (Å²) < 4.78 is 0. The molecule has 0 bridgehead atoms. The van der Waals surface area contributed by atoms with E-state index in [0.717, 1.165) is 116 Å². The van der Waals surface area contributed by atoms with E-state index in [0.29, 0.717) is 6.42 Å². The molecule has 0 aromatic heterocycles. The molecule has 0 aliphatic rings. The van der Waals surface area contributed by atoms with E-state index in [9.17, 15) is 19.8 Å². The van der Waals surface area contributed by atoms with Crippen LogP contribution in [0, 0.1) is 5.41 Å². The molecule has 0 aliphatic carbocycles. The van der Waals surface area contributed by atoms with Gasteiger partial charge in [-0.2, -0.15) is 0 Å². The van der Waals surface area contributed by atoms with Gasteiger partial charge in [-0.15, -0.1) is 0 Å². The molecule has 0 saturated heterocycles. The summed E-state index contributed by atoms with van der Waals surface area (Å²) in [6, 6.07) is 0. The predicted molar refractivity (Wildman–Crippen MR) is 209 cm³/mol. The highest BCUT2D eigenvalue weighted by molar-refractivity contribution is 5.66. The Kier molecular flexibility index (Phi) is 33.4. The summed E-state index contributed by atoms with van der Waals surface area (Å²) in [6.45, 7) is 10.5. The maximum Gasteiger partial charge on any atom is 0.303 e. The third kappa shape index (κ3) is 38.0. The summed E-state index contributed by atoms with van der Waals surface area (Å²) >= 11 is 0. The second kappa shape index (κ2) is 33.8. The summed E-state index contributed by atoms with van der Waals surface area (Å²) in [6.07, 6.45) is 44.1. The number of aliphatic hydroxyl groups excluding tert-OH is 1. The highest BCUT2D eigenvalue weighted by Gasteiger charge is 2.24. The molecule has 0 heterocycles. The van der Waals surface area contributed by atoms with Gasteiger partial charge in [0.15, 0.2) is 0 Å². The van der Waals surface area contributed by atoms with Crippen molar-refractivity contribution in [2.75, 3.05) is 0 Å². The first-order valence-corrected chi connectivity index (χ1v) is 19.2. The minimum Gasteiger partial charge on any atom is -0.481 e. The van der Waals surface area contributed by atoms with Crippen LogP contribution in [0.1, 0.15) is 169 Å². The van der Waals surface area contributed by atoms with E-state index in [2.05, 4.69) is 70.2 Å². The lowest BCUT2D eigenvalue weighted by atomic mass is 9.81. The first-order chi connectivity index (χ1) is 23.4. The molecule has 0 fully saturated rings. The monoisotopic (exact) mass is 687 g/mol. The third-order valence-electron chi connectivity index (χ3n) is 8.37. The van der Waals surface area contributed by atoms with Crippen molar-refractivity contribution in [3.05, 3.63) is 72.9 Å². The van der Waals surface area contributed by atoms with Crippen LogP contribution in [0.5, 0.6) is 0 Å². The fourth-order valence-electron chi connectivity index (χ4n) is 4.88. The molecule has 282 valence electrons. The van der Waals surface area contributed by atoms with Crippen molar-refractivity contribution in [2.45, 2.75) is 181 Å². The second-order valence-electron chi connectivity index (χ2n) is 14.1. The zero-order valence-corrected chi connectivity index (χ0v) is 32.0. The maximum absolute atomic E-state index is 10.4. The Morgan fingerprint density at radius 1 is 0.551 bits per heavy atom. The first kappa shape index (κ1) is 48.4. The van der Waals surface area contributed by atoms with E-state index in [1.165, 1.54) is 0 Å². The molecule has 2 unspecified atom stereocenters. The number of allylic oxidation sites excluding steroid dienone is 10. The lowest BCUT2D eigenvalue weighted by Crippen LogP contribution is -2.27. The number of carboxylic acids is 2. The smallest absolute Gasteiger partial charge is 0.303 e. The van der Waals surface area contributed by atoms with Crippen LogP contribution in [0.3, 0.4) is 0 Å². The molecule has 6 nitrogen and oxygen atoms in total. The molecule has 0 aliphatic heterocycles. The molecule has 0 spiro atoms. The largest absolute Gasteiger partial charge is 0.481 e. The number of unbranched alkanes of at least 4 members (excludes halogenated alkanes) is 10. The third-order valence-corrected chi connectivity index (χ3v) is 8.37. The van der Waals surface area contributed by atoms with Crippen molar-refractivity contribution in [1.82, 2.24) is 0 Å². The van der Waals surface area contributed by atoms with Crippen LogP contribution in [0.15, 0.2) is 72.9 Å². The fraction of sp³-hybridized carbons (Fsp3) is 0.674. The van der Waals surface area contributed by atoms with Crippen LogP contribution in [-0.4, -0.2) is 44.1 Å². The lowest BCUT2D eigenvalue weighted by molar-refractivity contribution is -0.138. The highest BCUT2D eigenvalue weighted by Crippen LogP contribution is 2.28. The zero-order valence-electron chi connectivity index (χ0n) is 32.0. The summed E-state index contributed by atoms with van der Waals surface area (Å²) in [7, 11) is 0. The maximum atomic E-state index is 10.4. The van der Waals surface area contributed by atoms with Gasteiger partial charge in [-0.05, 0) is 109 Å². The summed E-state index contributed by atoms with van der Waals surface area (Å²) in [5.41, 5.74) is -0.631. The number of hydrogen-bond donors (Lipinski definition) is 4. The van der Waals surface area contributed by atoms with Crippen molar-refractivity contribution < 1.29 is 30.0 Å². The van der Waals surface area contributed by atoms with Gasteiger partial charge in [-0.1, -0.05) is 126 Å². The second-order valence-corrected chi connectivity index (χ2v) is 14.1. The topological polar surface area (TPSA) is 115 Å². The Hall–Kier alpha value is -2.70. The average Bonchev–Trinajstić information content (AvgIpc) is 3.05. The van der Waals surface area contributed by atoms with Gasteiger partial charge in [0.2, 0.25) is 0 Å². The Labute approximate surface area is 300 Å². The molecule has 0 saturated carbocycles. The van der Waals surface area contributed by atoms with Crippen LogP contribution in [0.25, 0.3) is 0 Å². The molecule has 49 heavy (non-hydrogen) atoms. The van der Waals surface area contributed by atoms with Crippen LogP contribution in [0.4, 0.5) is 0 Å². The fourth-order valence-corrected chi connectivity index (χ4v) is 4.88. The van der Waals surface area contributed by atoms with Crippen LogP contribution in [0.2, 0.25) is 0 Å². The average molecular weight is 687 g/mol. The molecule has 2 atom stereocenters. The van der Waals surface area contributed by atoms with E-state index in [-0.39, 0.29) is 18.3 Å². The van der Waals surface area contributed by atoms with Crippen molar-refractivity contribution >= 4 is 11.9 Å². The lowest BCUT2D eigenvalue weighted by Gasteiger charge is -2.28. The van der Waals surface area contributed by atoms with Crippen molar-refractivity contribution in [2.24, 2.45) is 5.41 Å². The number of rotatable bonds is 30. The van der Waals surface area contributed by atoms with E-state index < -0.39 is 23.6 Å². The van der Waals surface area contributed by atoms with Crippen molar-refractivity contribution in [1.29, 1.82) is 0 Å². The van der Waals surface area contributed by atoms with Crippen molar-refractivity contribution in [3.63, 3.8) is 0 Å². The molecule has 0 rings (SSSR count). The van der Waals surface area contributed by atoms with Gasteiger partial charge in [0.25, 0.3) is 0 Å². The summed E-state index contributed by atoms with van der Waals surface area (Å²) in [5.74, 6) is -1.43. The molecular formula is C43H74O6.